The van der Waals surface area contributed by atoms with E-state index < -0.39 is 10.0 Å². The molecule has 114 valence electrons. The molecule has 0 N–H and O–H groups in total. The van der Waals surface area contributed by atoms with E-state index >= 15 is 0 Å². The van der Waals surface area contributed by atoms with Gasteiger partial charge in [-0.25, -0.2) is 12.7 Å². The van der Waals surface area contributed by atoms with Gasteiger partial charge in [-0.05, 0) is 31.9 Å². The number of carbonyl (C=O) groups excluding carboxylic acids is 1. The molecule has 2 rings (SSSR count). The van der Waals surface area contributed by atoms with Gasteiger partial charge >= 0.3 is 0 Å². The number of nitrogens with zero attached hydrogens (tertiary/aromatic N) is 1. The van der Waals surface area contributed by atoms with E-state index in [-0.39, 0.29) is 11.7 Å². The third-order valence-electron chi connectivity index (χ3n) is 3.82. The van der Waals surface area contributed by atoms with Gasteiger partial charge in [0.25, 0.3) is 0 Å². The summed E-state index contributed by atoms with van der Waals surface area (Å²) in [6.07, 6.45) is 5.80. The predicted molar refractivity (Wildman–Crippen MR) is 82.5 cm³/mol. The largest absolute Gasteiger partial charge is 0.299 e. The number of rotatable bonds is 5. The van der Waals surface area contributed by atoms with Gasteiger partial charge in [0, 0.05) is 25.9 Å². The summed E-state index contributed by atoms with van der Waals surface area (Å²) in [4.78, 5) is 12.0. The molecule has 0 radical (unpaired) electrons. The zero-order chi connectivity index (χ0) is 15.5. The minimum absolute atomic E-state index is 0.144. The van der Waals surface area contributed by atoms with Crippen LogP contribution in [-0.2, 0) is 14.8 Å². The fourth-order valence-corrected chi connectivity index (χ4v) is 3.55. The van der Waals surface area contributed by atoms with Crippen LogP contribution < -0.4 is 0 Å². The maximum atomic E-state index is 12.4. The van der Waals surface area contributed by atoms with Gasteiger partial charge in [0.15, 0.2) is 0 Å². The van der Waals surface area contributed by atoms with Gasteiger partial charge in [-0.2, -0.15) is 0 Å². The van der Waals surface area contributed by atoms with Crippen molar-refractivity contribution >= 4 is 15.8 Å². The molecule has 0 amide bonds. The maximum Gasteiger partial charge on any atom is 0.242 e. The monoisotopic (exact) mass is 307 g/mol. The van der Waals surface area contributed by atoms with Gasteiger partial charge in [-0.15, -0.1) is 0 Å². The average molecular weight is 307 g/mol. The highest BCUT2D eigenvalue weighted by Crippen LogP contribution is 2.20. The molecule has 4 nitrogen and oxygen atoms in total. The van der Waals surface area contributed by atoms with Crippen molar-refractivity contribution in [3.8, 4) is 0 Å². The second kappa shape index (κ2) is 6.54. The lowest BCUT2D eigenvalue weighted by Gasteiger charge is -2.21. The van der Waals surface area contributed by atoms with Crippen LogP contribution in [0, 0.1) is 12.8 Å². The van der Waals surface area contributed by atoms with Gasteiger partial charge in [-0.3, -0.25) is 4.79 Å². The highest BCUT2D eigenvalue weighted by molar-refractivity contribution is 7.89. The van der Waals surface area contributed by atoms with Crippen molar-refractivity contribution in [2.24, 2.45) is 5.92 Å². The number of hydrogen-bond acceptors (Lipinski definition) is 3. The van der Waals surface area contributed by atoms with E-state index in [0.717, 1.165) is 12.0 Å². The third kappa shape index (κ3) is 3.80. The molecule has 1 aromatic rings. The van der Waals surface area contributed by atoms with E-state index in [1.165, 1.54) is 4.31 Å². The van der Waals surface area contributed by atoms with E-state index in [2.05, 4.69) is 0 Å². The van der Waals surface area contributed by atoms with Crippen molar-refractivity contribution in [2.45, 2.75) is 31.1 Å². The van der Waals surface area contributed by atoms with Crippen LogP contribution in [0.5, 0.6) is 0 Å². The van der Waals surface area contributed by atoms with Crippen molar-refractivity contribution in [3.05, 3.63) is 42.0 Å². The number of carbonyl (C=O) groups is 1. The number of hydrogen-bond donors (Lipinski definition) is 0. The molecule has 5 heteroatoms. The molecule has 1 atom stereocenters. The minimum Gasteiger partial charge on any atom is -0.299 e. The fourth-order valence-electron chi connectivity index (χ4n) is 2.37. The molecular weight excluding hydrogens is 286 g/mol. The lowest BCUT2D eigenvalue weighted by Crippen LogP contribution is -2.30. The van der Waals surface area contributed by atoms with Crippen LogP contribution in [0.25, 0.3) is 0 Å². The van der Waals surface area contributed by atoms with Gasteiger partial charge in [0.05, 0.1) is 4.90 Å². The molecule has 0 saturated heterocycles. The van der Waals surface area contributed by atoms with E-state index in [0.29, 0.717) is 24.3 Å². The quantitative estimate of drug-likeness (QED) is 0.786. The van der Waals surface area contributed by atoms with Crippen LogP contribution >= 0.6 is 0 Å². The van der Waals surface area contributed by atoms with Crippen molar-refractivity contribution in [1.29, 1.82) is 0 Å². The molecule has 0 spiro atoms. The third-order valence-corrected chi connectivity index (χ3v) is 5.69. The van der Waals surface area contributed by atoms with Crippen LogP contribution in [-0.4, -0.2) is 32.1 Å². The highest BCUT2D eigenvalue weighted by atomic mass is 32.2. The summed E-state index contributed by atoms with van der Waals surface area (Å²) in [5.41, 5.74) is 1.02. The Hall–Kier alpha value is -1.46. The van der Waals surface area contributed by atoms with Gasteiger partial charge in [0.2, 0.25) is 10.0 Å². The highest BCUT2D eigenvalue weighted by Gasteiger charge is 2.23. The zero-order valence-electron chi connectivity index (χ0n) is 12.5. The first-order valence-corrected chi connectivity index (χ1v) is 8.57. The SMILES string of the molecule is Cc1ccc(S(=O)(=O)N(C)CC[C@H]2C=CCCC2=O)cc1. The number of aryl methyl sites for hydroxylation is 1. The van der Waals surface area contributed by atoms with E-state index in [1.54, 1.807) is 31.3 Å². The molecule has 21 heavy (non-hydrogen) atoms. The summed E-state index contributed by atoms with van der Waals surface area (Å²) in [5.74, 6) is 0.0630. The summed E-state index contributed by atoms with van der Waals surface area (Å²) in [6.45, 7) is 2.26. The average Bonchev–Trinajstić information content (AvgIpc) is 2.46. The van der Waals surface area contributed by atoms with E-state index in [9.17, 15) is 13.2 Å². The molecule has 0 aromatic heterocycles. The Morgan fingerprint density at radius 3 is 2.52 bits per heavy atom. The van der Waals surface area contributed by atoms with Crippen LogP contribution in [0.4, 0.5) is 0 Å². The standard InChI is InChI=1S/C16H21NO3S/c1-13-7-9-15(10-8-13)21(19,20)17(2)12-11-14-5-3-4-6-16(14)18/h3,5,7-10,14H,4,6,11-12H2,1-2H3/t14-/m1/s1. The molecule has 1 aliphatic rings. The Labute approximate surface area is 126 Å². The van der Waals surface area contributed by atoms with Crippen LogP contribution in [0.2, 0.25) is 0 Å². The lowest BCUT2D eigenvalue weighted by atomic mass is 9.92. The van der Waals surface area contributed by atoms with Crippen molar-refractivity contribution < 1.29 is 13.2 Å². The van der Waals surface area contributed by atoms with Crippen LogP contribution in [0.15, 0.2) is 41.3 Å². The number of benzene rings is 1. The molecule has 0 heterocycles. The van der Waals surface area contributed by atoms with Gasteiger partial charge in [-0.1, -0.05) is 29.8 Å². The summed E-state index contributed by atoms with van der Waals surface area (Å²) in [6, 6.07) is 6.81. The van der Waals surface area contributed by atoms with Crippen molar-refractivity contribution in [2.75, 3.05) is 13.6 Å². The Balaban J connectivity index is 2.03. The minimum atomic E-state index is -3.48. The number of allylic oxidation sites excluding steroid dienone is 2. The van der Waals surface area contributed by atoms with Crippen LogP contribution in [0.1, 0.15) is 24.8 Å². The first-order chi connectivity index (χ1) is 9.91. The Kier molecular flexibility index (Phi) is 4.96. The molecule has 0 bridgehead atoms. The molecule has 0 saturated carbocycles. The zero-order valence-corrected chi connectivity index (χ0v) is 13.3. The summed E-state index contributed by atoms with van der Waals surface area (Å²) >= 11 is 0. The summed E-state index contributed by atoms with van der Waals surface area (Å²) in [5, 5.41) is 0. The molecule has 0 unspecified atom stereocenters. The Morgan fingerprint density at radius 2 is 1.90 bits per heavy atom. The second-order valence-corrected chi connectivity index (χ2v) is 7.51. The Bertz CT molecular complexity index is 632. The summed E-state index contributed by atoms with van der Waals surface area (Å²) < 4.78 is 26.2. The lowest BCUT2D eigenvalue weighted by molar-refractivity contribution is -0.122. The number of sulfonamides is 1. The van der Waals surface area contributed by atoms with Crippen LogP contribution in [0.3, 0.4) is 0 Å². The molecule has 0 fully saturated rings. The molecular formula is C16H21NO3S. The maximum absolute atomic E-state index is 12.4. The normalized spacial score (nSPS) is 19.2. The van der Waals surface area contributed by atoms with E-state index in [1.807, 2.05) is 19.1 Å². The predicted octanol–water partition coefficient (Wildman–Crippen LogP) is 2.54. The van der Waals surface area contributed by atoms with Gasteiger partial charge in [0.1, 0.15) is 5.78 Å². The van der Waals surface area contributed by atoms with E-state index in [4.69, 9.17) is 0 Å². The van der Waals surface area contributed by atoms with Crippen molar-refractivity contribution in [1.82, 2.24) is 4.31 Å². The molecule has 1 aliphatic carbocycles. The first kappa shape index (κ1) is 15.9. The van der Waals surface area contributed by atoms with Crippen molar-refractivity contribution in [3.63, 3.8) is 0 Å². The smallest absolute Gasteiger partial charge is 0.242 e. The number of ketones is 1. The first-order valence-electron chi connectivity index (χ1n) is 7.13. The molecule has 0 aliphatic heterocycles. The Morgan fingerprint density at radius 1 is 1.24 bits per heavy atom. The second-order valence-electron chi connectivity index (χ2n) is 5.47. The fraction of sp³-hybridized carbons (Fsp3) is 0.438. The molecule has 1 aromatic carbocycles. The topological polar surface area (TPSA) is 54.5 Å². The summed E-state index contributed by atoms with van der Waals surface area (Å²) in [7, 11) is -1.91. The van der Waals surface area contributed by atoms with Gasteiger partial charge < -0.3 is 0 Å². The number of Topliss-reactive ketones (excluding diaryl/α,β-unsaturated/α-hetero) is 1.